The second-order valence-electron chi connectivity index (χ2n) is 8.60. The van der Waals surface area contributed by atoms with Gasteiger partial charge in [0.15, 0.2) is 9.54 Å². The number of nitrogens with one attached hydrogen (secondary N) is 2. The van der Waals surface area contributed by atoms with Gasteiger partial charge in [0.05, 0.1) is 10.8 Å². The third kappa shape index (κ3) is 3.14. The third-order valence-corrected chi connectivity index (χ3v) is 9.80. The minimum atomic E-state index is -0.0555. The molecule has 4 aromatic heterocycles. The second-order valence-corrected chi connectivity index (χ2v) is 11.6. The smallest absolute Gasteiger partial charge is 0.263 e. The van der Waals surface area contributed by atoms with Gasteiger partial charge in [0, 0.05) is 22.8 Å². The van der Waals surface area contributed by atoms with Crippen molar-refractivity contribution in [2.45, 2.75) is 64.5 Å². The van der Waals surface area contributed by atoms with Crippen molar-refractivity contribution >= 4 is 67.5 Å². The molecule has 4 aromatic rings. The van der Waals surface area contributed by atoms with Crippen LogP contribution in [-0.2, 0) is 38.8 Å². The lowest BCUT2D eigenvalue weighted by molar-refractivity contribution is 0.537. The van der Waals surface area contributed by atoms with Crippen LogP contribution in [0.1, 0.15) is 46.6 Å². The Morgan fingerprint density at radius 3 is 1.53 bits per heavy atom. The quantitative estimate of drug-likeness (QED) is 0.386. The van der Waals surface area contributed by atoms with Crippen molar-refractivity contribution in [2.75, 3.05) is 0 Å². The van der Waals surface area contributed by atoms with E-state index in [1.54, 1.807) is 31.8 Å². The molecule has 10 heteroatoms. The molecular formula is C22H22N4O2S4. The Labute approximate surface area is 201 Å². The first-order chi connectivity index (χ1) is 15.5. The number of aromatic nitrogens is 4. The lowest BCUT2D eigenvalue weighted by atomic mass is 9.97. The predicted molar refractivity (Wildman–Crippen MR) is 136 cm³/mol. The Balaban J connectivity index is 1.43. The van der Waals surface area contributed by atoms with Gasteiger partial charge >= 0.3 is 0 Å². The number of hydrogen-bond donors (Lipinski definition) is 2. The summed E-state index contributed by atoms with van der Waals surface area (Å²) in [4.78, 5) is 37.7. The monoisotopic (exact) mass is 502 g/mol. The van der Waals surface area contributed by atoms with Gasteiger partial charge in [-0.3, -0.25) is 18.7 Å². The van der Waals surface area contributed by atoms with E-state index in [4.69, 9.17) is 24.4 Å². The highest BCUT2D eigenvalue weighted by atomic mass is 32.1. The number of hydrogen-bond acceptors (Lipinski definition) is 6. The van der Waals surface area contributed by atoms with Crippen molar-refractivity contribution in [2.24, 2.45) is 0 Å². The van der Waals surface area contributed by atoms with E-state index in [0.29, 0.717) is 22.6 Å². The summed E-state index contributed by atoms with van der Waals surface area (Å²) in [6.45, 7) is 0.619. The zero-order chi connectivity index (χ0) is 22.0. The maximum atomic E-state index is 13.4. The number of fused-ring (bicyclic) bond motifs is 6. The Morgan fingerprint density at radius 2 is 1.09 bits per heavy atom. The molecule has 0 atom stereocenters. The van der Waals surface area contributed by atoms with Crippen molar-refractivity contribution in [1.29, 1.82) is 0 Å². The summed E-state index contributed by atoms with van der Waals surface area (Å²) in [7, 11) is 0. The molecule has 6 rings (SSSR count). The van der Waals surface area contributed by atoms with E-state index in [1.807, 2.05) is 0 Å². The van der Waals surface area contributed by atoms with E-state index < -0.39 is 0 Å². The number of aryl methyl sites for hydroxylation is 4. The maximum absolute atomic E-state index is 13.4. The van der Waals surface area contributed by atoms with Gasteiger partial charge in [-0.1, -0.05) is 0 Å². The molecule has 4 heterocycles. The molecule has 0 saturated heterocycles. The van der Waals surface area contributed by atoms with E-state index >= 15 is 0 Å². The molecule has 6 nitrogen and oxygen atoms in total. The minimum Gasteiger partial charge on any atom is -0.323 e. The van der Waals surface area contributed by atoms with Gasteiger partial charge in [-0.25, -0.2) is 0 Å². The summed E-state index contributed by atoms with van der Waals surface area (Å²) >= 11 is 14.4. The molecule has 2 aliphatic carbocycles. The highest BCUT2D eigenvalue weighted by Gasteiger charge is 2.22. The summed E-state index contributed by atoms with van der Waals surface area (Å²) in [5.74, 6) is 0. The Morgan fingerprint density at radius 1 is 0.688 bits per heavy atom. The van der Waals surface area contributed by atoms with Crippen LogP contribution in [0.3, 0.4) is 0 Å². The molecule has 2 aliphatic rings. The first-order valence-corrected chi connectivity index (χ1v) is 13.5. The summed E-state index contributed by atoms with van der Waals surface area (Å²) in [6, 6.07) is 0. The van der Waals surface area contributed by atoms with Gasteiger partial charge in [-0.2, -0.15) is 0 Å². The molecule has 0 saturated carbocycles. The van der Waals surface area contributed by atoms with Gasteiger partial charge in [0.25, 0.3) is 11.1 Å². The van der Waals surface area contributed by atoms with Crippen LogP contribution < -0.4 is 11.1 Å². The first kappa shape index (κ1) is 20.7. The van der Waals surface area contributed by atoms with E-state index in [2.05, 4.69) is 9.97 Å². The van der Waals surface area contributed by atoms with Crippen LogP contribution in [0.5, 0.6) is 0 Å². The number of H-pyrrole nitrogens is 2. The molecule has 0 fully saturated rings. The van der Waals surface area contributed by atoms with Crippen molar-refractivity contribution in [3.8, 4) is 0 Å². The molecule has 0 spiro atoms. The number of rotatable bonds is 3. The van der Waals surface area contributed by atoms with Gasteiger partial charge in [0.1, 0.15) is 9.66 Å². The number of nitrogens with zero attached hydrogens (tertiary/aromatic N) is 2. The van der Waals surface area contributed by atoms with Gasteiger partial charge in [0.2, 0.25) is 0 Å². The topological polar surface area (TPSA) is 75.6 Å². The average Bonchev–Trinajstić information content (AvgIpc) is 3.33. The lowest BCUT2D eigenvalue weighted by Gasteiger charge is -2.12. The van der Waals surface area contributed by atoms with E-state index in [1.165, 1.54) is 33.7 Å². The van der Waals surface area contributed by atoms with Crippen LogP contribution in [0.2, 0.25) is 0 Å². The molecule has 0 aliphatic heterocycles. The normalized spacial score (nSPS) is 15.9. The van der Waals surface area contributed by atoms with Crippen LogP contribution in [0, 0.1) is 9.54 Å². The van der Waals surface area contributed by atoms with Crippen molar-refractivity contribution < 1.29 is 0 Å². The highest BCUT2D eigenvalue weighted by Crippen LogP contribution is 2.34. The van der Waals surface area contributed by atoms with Crippen LogP contribution in [0.15, 0.2) is 9.59 Å². The van der Waals surface area contributed by atoms with Crippen LogP contribution in [0.25, 0.3) is 20.4 Å². The molecule has 0 bridgehead atoms. The fourth-order valence-corrected chi connectivity index (χ4v) is 8.39. The van der Waals surface area contributed by atoms with Crippen LogP contribution in [0.4, 0.5) is 0 Å². The van der Waals surface area contributed by atoms with Gasteiger partial charge in [-0.05, 0) is 86.9 Å². The summed E-state index contributed by atoms with van der Waals surface area (Å²) in [6.07, 6.45) is 8.52. The van der Waals surface area contributed by atoms with E-state index in [0.717, 1.165) is 59.0 Å². The Bertz CT molecular complexity index is 1510. The zero-order valence-corrected chi connectivity index (χ0v) is 20.7. The van der Waals surface area contributed by atoms with Crippen molar-refractivity contribution in [3.63, 3.8) is 0 Å². The number of thiophene rings is 2. The van der Waals surface area contributed by atoms with Crippen molar-refractivity contribution in [1.82, 2.24) is 19.1 Å². The lowest BCUT2D eigenvalue weighted by Crippen LogP contribution is -2.29. The molecule has 32 heavy (non-hydrogen) atoms. The minimum absolute atomic E-state index is 0.0555. The third-order valence-electron chi connectivity index (χ3n) is 6.74. The maximum Gasteiger partial charge on any atom is 0.263 e. The fraction of sp³-hybridized carbons (Fsp3) is 0.455. The summed E-state index contributed by atoms with van der Waals surface area (Å²) in [5.41, 5.74) is 2.25. The van der Waals surface area contributed by atoms with E-state index in [9.17, 15) is 9.59 Å². The van der Waals surface area contributed by atoms with Gasteiger partial charge in [-0.15, -0.1) is 22.7 Å². The van der Waals surface area contributed by atoms with Crippen LogP contribution >= 0.6 is 47.1 Å². The molecule has 2 N–H and O–H groups in total. The molecular weight excluding hydrogens is 481 g/mol. The molecule has 0 amide bonds. The van der Waals surface area contributed by atoms with Crippen molar-refractivity contribution in [3.05, 3.63) is 51.1 Å². The second kappa shape index (κ2) is 7.86. The Hall–Kier alpha value is -1.88. The standard InChI is InChI=1S/C22H22N4O2S4/c27-19-15-11-5-1-3-7-13(11)31-17(15)23-21(29)25(19)9-10-26-20(28)16-12-6-2-4-8-14(12)32-18(16)24-22(26)30/h1-10H2,(H,23,29)(H,24,30). The Kier molecular flexibility index (Phi) is 5.09. The molecule has 0 unspecified atom stereocenters. The molecule has 0 radical (unpaired) electrons. The zero-order valence-electron chi connectivity index (χ0n) is 17.4. The average molecular weight is 503 g/mol. The summed E-state index contributed by atoms with van der Waals surface area (Å²) < 4.78 is 3.98. The highest BCUT2D eigenvalue weighted by molar-refractivity contribution is 7.71. The molecule has 166 valence electrons. The first-order valence-electron chi connectivity index (χ1n) is 11.1. The van der Waals surface area contributed by atoms with E-state index in [-0.39, 0.29) is 11.1 Å². The fourth-order valence-electron chi connectivity index (χ4n) is 5.15. The predicted octanol–water partition coefficient (Wildman–Crippen LogP) is 5.01. The SMILES string of the molecule is O=c1c2c3c(sc2[nH]c(=S)n1CCn1c(=S)[nH]c2sc4c(c2c1=O)CCCC4)CCCC3. The van der Waals surface area contributed by atoms with Crippen LogP contribution in [-0.4, -0.2) is 19.1 Å². The largest absolute Gasteiger partial charge is 0.323 e. The van der Waals surface area contributed by atoms with Gasteiger partial charge < -0.3 is 9.97 Å². The number of aromatic amines is 2. The summed E-state index contributed by atoms with van der Waals surface area (Å²) in [5, 5.41) is 1.55. The molecule has 0 aromatic carbocycles.